The van der Waals surface area contributed by atoms with Crippen LogP contribution in [0.25, 0.3) is 0 Å². The van der Waals surface area contributed by atoms with Gasteiger partial charge in [-0.3, -0.25) is 4.79 Å². The molecule has 32 heavy (non-hydrogen) atoms. The van der Waals surface area contributed by atoms with Gasteiger partial charge in [0.15, 0.2) is 17.3 Å². The van der Waals surface area contributed by atoms with Crippen LogP contribution in [-0.4, -0.2) is 54.3 Å². The molecular formula is C25H28N4O3. The summed E-state index contributed by atoms with van der Waals surface area (Å²) in [4.78, 5) is 17.2. The lowest BCUT2D eigenvalue weighted by Gasteiger charge is -2.37. The molecule has 1 aliphatic rings. The lowest BCUT2D eigenvalue weighted by Crippen LogP contribution is -2.45. The van der Waals surface area contributed by atoms with Crippen molar-refractivity contribution in [3.8, 4) is 11.5 Å². The standard InChI is InChI=1S/C25H28N4O3/c1-28(24-9-6-14-26-27-24)21-12-15-29(16-13-21)25(30)20-10-11-22(23(17-20)31-2)32-18-19-7-4-3-5-8-19/h3-11,14,17,21H,12-13,15-16,18H2,1-2H3. The fourth-order valence-electron chi connectivity index (χ4n) is 3.96. The highest BCUT2D eigenvalue weighted by atomic mass is 16.5. The Bertz CT molecular complexity index is 1020. The molecule has 166 valence electrons. The lowest BCUT2D eigenvalue weighted by molar-refractivity contribution is 0.0712. The Kier molecular flexibility index (Phi) is 6.84. The highest BCUT2D eigenvalue weighted by molar-refractivity contribution is 5.95. The second-order valence-corrected chi connectivity index (χ2v) is 7.86. The van der Waals surface area contributed by atoms with Gasteiger partial charge in [0.2, 0.25) is 0 Å². The molecule has 0 saturated carbocycles. The molecule has 0 spiro atoms. The molecule has 0 aliphatic carbocycles. The van der Waals surface area contributed by atoms with Crippen molar-refractivity contribution >= 4 is 11.7 Å². The van der Waals surface area contributed by atoms with Gasteiger partial charge in [0.1, 0.15) is 6.61 Å². The number of benzene rings is 2. The average Bonchev–Trinajstić information content (AvgIpc) is 2.87. The zero-order valence-corrected chi connectivity index (χ0v) is 18.5. The summed E-state index contributed by atoms with van der Waals surface area (Å²) < 4.78 is 11.4. The van der Waals surface area contributed by atoms with Crippen LogP contribution in [0.3, 0.4) is 0 Å². The maximum atomic E-state index is 13.1. The smallest absolute Gasteiger partial charge is 0.253 e. The van der Waals surface area contributed by atoms with Crippen LogP contribution in [0, 0.1) is 0 Å². The molecule has 2 heterocycles. The predicted octanol–water partition coefficient (Wildman–Crippen LogP) is 3.81. The molecule has 1 fully saturated rings. The van der Waals surface area contributed by atoms with Gasteiger partial charge in [-0.1, -0.05) is 30.3 Å². The normalized spacial score (nSPS) is 14.1. The van der Waals surface area contributed by atoms with Crippen LogP contribution in [0.2, 0.25) is 0 Å². The Labute approximate surface area is 188 Å². The average molecular weight is 433 g/mol. The number of rotatable bonds is 7. The minimum atomic E-state index is 0.0125. The predicted molar refractivity (Wildman–Crippen MR) is 123 cm³/mol. The molecule has 1 aromatic heterocycles. The van der Waals surface area contributed by atoms with Crippen molar-refractivity contribution in [1.29, 1.82) is 0 Å². The van der Waals surface area contributed by atoms with Gasteiger partial charge in [0.05, 0.1) is 7.11 Å². The summed E-state index contributed by atoms with van der Waals surface area (Å²) in [7, 11) is 3.62. The van der Waals surface area contributed by atoms with Crippen molar-refractivity contribution in [1.82, 2.24) is 15.1 Å². The van der Waals surface area contributed by atoms with Gasteiger partial charge in [0, 0.05) is 37.9 Å². The molecule has 0 atom stereocenters. The summed E-state index contributed by atoms with van der Waals surface area (Å²) in [5.74, 6) is 2.05. The number of likely N-dealkylation sites (tertiary alicyclic amines) is 1. The zero-order valence-electron chi connectivity index (χ0n) is 18.5. The second kappa shape index (κ2) is 10.1. The van der Waals surface area contributed by atoms with E-state index in [1.165, 1.54) is 0 Å². The number of methoxy groups -OCH3 is 1. The number of carbonyl (C=O) groups excluding carboxylic acids is 1. The monoisotopic (exact) mass is 432 g/mol. The Hall–Kier alpha value is -3.61. The third kappa shape index (κ3) is 4.99. The number of carbonyl (C=O) groups is 1. The molecule has 3 aromatic rings. The van der Waals surface area contributed by atoms with Crippen LogP contribution in [0.1, 0.15) is 28.8 Å². The minimum absolute atomic E-state index is 0.0125. The molecule has 4 rings (SSSR count). The first-order chi connectivity index (χ1) is 15.7. The molecule has 0 unspecified atom stereocenters. The fourth-order valence-corrected chi connectivity index (χ4v) is 3.96. The van der Waals surface area contributed by atoms with Crippen molar-refractivity contribution in [3.63, 3.8) is 0 Å². The lowest BCUT2D eigenvalue weighted by atomic mass is 10.0. The van der Waals surface area contributed by atoms with E-state index >= 15 is 0 Å². The molecule has 0 radical (unpaired) electrons. The van der Waals surface area contributed by atoms with E-state index in [1.54, 1.807) is 19.4 Å². The van der Waals surface area contributed by atoms with Crippen LogP contribution >= 0.6 is 0 Å². The van der Waals surface area contributed by atoms with Crippen molar-refractivity contribution in [2.75, 3.05) is 32.1 Å². The zero-order chi connectivity index (χ0) is 22.3. The SMILES string of the molecule is COc1cc(C(=O)N2CCC(N(C)c3cccnn3)CC2)ccc1OCc1ccccc1. The van der Waals surface area contributed by atoms with E-state index < -0.39 is 0 Å². The maximum absolute atomic E-state index is 13.1. The Balaban J connectivity index is 1.37. The molecule has 2 aromatic carbocycles. The molecule has 1 aliphatic heterocycles. The number of hydrogen-bond acceptors (Lipinski definition) is 6. The van der Waals surface area contributed by atoms with Gasteiger partial charge in [-0.2, -0.15) is 5.10 Å². The third-order valence-electron chi connectivity index (χ3n) is 5.87. The second-order valence-electron chi connectivity index (χ2n) is 7.86. The van der Waals surface area contributed by atoms with E-state index in [9.17, 15) is 4.79 Å². The maximum Gasteiger partial charge on any atom is 0.253 e. The molecule has 7 heteroatoms. The van der Waals surface area contributed by atoms with Crippen LogP contribution in [0.5, 0.6) is 11.5 Å². The number of nitrogens with zero attached hydrogens (tertiary/aromatic N) is 4. The number of anilines is 1. The van der Waals surface area contributed by atoms with Crippen molar-refractivity contribution < 1.29 is 14.3 Å². The first-order valence-electron chi connectivity index (χ1n) is 10.8. The van der Waals surface area contributed by atoms with Crippen molar-refractivity contribution in [2.24, 2.45) is 0 Å². The van der Waals surface area contributed by atoms with E-state index in [4.69, 9.17) is 9.47 Å². The van der Waals surface area contributed by atoms with E-state index in [0.717, 1.165) is 24.2 Å². The summed E-state index contributed by atoms with van der Waals surface area (Å²) >= 11 is 0. The van der Waals surface area contributed by atoms with Gasteiger partial charge in [-0.25, -0.2) is 0 Å². The molecule has 1 saturated heterocycles. The summed E-state index contributed by atoms with van der Waals surface area (Å²) in [5, 5.41) is 8.15. The van der Waals surface area contributed by atoms with Gasteiger partial charge in [-0.05, 0) is 48.7 Å². The first kappa shape index (κ1) is 21.6. The highest BCUT2D eigenvalue weighted by Gasteiger charge is 2.27. The quantitative estimate of drug-likeness (QED) is 0.566. The molecule has 7 nitrogen and oxygen atoms in total. The van der Waals surface area contributed by atoms with Crippen molar-refractivity contribution in [3.05, 3.63) is 78.0 Å². The Morgan fingerprint density at radius 2 is 1.84 bits per heavy atom. The number of aromatic nitrogens is 2. The van der Waals surface area contributed by atoms with Gasteiger partial charge in [0.25, 0.3) is 5.91 Å². The summed E-state index contributed by atoms with van der Waals surface area (Å²) in [6, 6.07) is 19.5. The minimum Gasteiger partial charge on any atom is -0.493 e. The van der Waals surface area contributed by atoms with Crippen LogP contribution in [0.15, 0.2) is 66.9 Å². The summed E-state index contributed by atoms with van der Waals surface area (Å²) in [6.07, 6.45) is 3.44. The van der Waals surface area contributed by atoms with E-state index in [0.29, 0.717) is 42.8 Å². The van der Waals surface area contributed by atoms with Gasteiger partial charge < -0.3 is 19.3 Å². The summed E-state index contributed by atoms with van der Waals surface area (Å²) in [5.41, 5.74) is 1.68. The highest BCUT2D eigenvalue weighted by Crippen LogP contribution is 2.30. The van der Waals surface area contributed by atoms with E-state index in [2.05, 4.69) is 15.1 Å². The van der Waals surface area contributed by atoms with Crippen LogP contribution in [0.4, 0.5) is 5.82 Å². The number of piperidine rings is 1. The molecule has 0 bridgehead atoms. The Morgan fingerprint density at radius 1 is 1.06 bits per heavy atom. The molecular weight excluding hydrogens is 404 g/mol. The van der Waals surface area contributed by atoms with Crippen LogP contribution < -0.4 is 14.4 Å². The molecule has 0 N–H and O–H groups in total. The topological polar surface area (TPSA) is 67.8 Å². The number of hydrogen-bond donors (Lipinski definition) is 0. The summed E-state index contributed by atoms with van der Waals surface area (Å²) in [6.45, 7) is 1.84. The van der Waals surface area contributed by atoms with Crippen LogP contribution in [-0.2, 0) is 6.61 Å². The largest absolute Gasteiger partial charge is 0.493 e. The van der Waals surface area contributed by atoms with Crippen molar-refractivity contribution in [2.45, 2.75) is 25.5 Å². The fraction of sp³-hybridized carbons (Fsp3) is 0.320. The Morgan fingerprint density at radius 3 is 2.53 bits per heavy atom. The molecule has 1 amide bonds. The van der Waals surface area contributed by atoms with E-state index in [-0.39, 0.29) is 5.91 Å². The number of amides is 1. The van der Waals surface area contributed by atoms with E-state index in [1.807, 2.05) is 66.5 Å². The third-order valence-corrected chi connectivity index (χ3v) is 5.87. The van der Waals surface area contributed by atoms with Gasteiger partial charge in [-0.15, -0.1) is 5.10 Å². The first-order valence-corrected chi connectivity index (χ1v) is 10.8. The number of ether oxygens (including phenoxy) is 2. The van der Waals surface area contributed by atoms with Gasteiger partial charge >= 0.3 is 0 Å².